The summed E-state index contributed by atoms with van der Waals surface area (Å²) in [6.45, 7) is 0. The fourth-order valence-electron chi connectivity index (χ4n) is 0.797. The van der Waals surface area contributed by atoms with Gasteiger partial charge in [0.05, 0.1) is 12.1 Å². The molecule has 1 aromatic heterocycles. The van der Waals surface area contributed by atoms with Crippen molar-refractivity contribution in [3.05, 3.63) is 23.2 Å². The Morgan fingerprint density at radius 1 is 1.54 bits per heavy atom. The van der Waals surface area contributed by atoms with Crippen LogP contribution in [0.4, 0.5) is 0 Å². The quantitative estimate of drug-likeness (QED) is 0.720. The van der Waals surface area contributed by atoms with E-state index in [1.807, 2.05) is 0 Å². The van der Waals surface area contributed by atoms with Crippen LogP contribution in [0.1, 0.15) is 12.1 Å². The molecule has 0 aliphatic carbocycles. The van der Waals surface area contributed by atoms with Gasteiger partial charge in [0.15, 0.2) is 0 Å². The van der Waals surface area contributed by atoms with E-state index in [2.05, 4.69) is 20.7 Å². The molecule has 1 heterocycles. The van der Waals surface area contributed by atoms with Crippen LogP contribution in [0.3, 0.4) is 0 Å². The molecule has 0 saturated carbocycles. The van der Waals surface area contributed by atoms with E-state index in [-0.39, 0.29) is 6.42 Å². The summed E-state index contributed by atoms with van der Waals surface area (Å²) in [6, 6.07) is 0. The van der Waals surface area contributed by atoms with Crippen molar-refractivity contribution in [2.45, 2.75) is 12.8 Å². The molecule has 13 heavy (non-hydrogen) atoms. The third-order valence-electron chi connectivity index (χ3n) is 1.42. The summed E-state index contributed by atoms with van der Waals surface area (Å²) in [5, 5.41) is 0.298. The Balaban J connectivity index is 2.54. The smallest absolute Gasteiger partial charge is 0.324 e. The second-order valence-electron chi connectivity index (χ2n) is 2.28. The van der Waals surface area contributed by atoms with Crippen LogP contribution in [-0.4, -0.2) is 15.9 Å². The highest BCUT2D eigenvalue weighted by molar-refractivity contribution is 6.29. The second kappa shape index (κ2) is 4.74. The Morgan fingerprint density at radius 2 is 2.23 bits per heavy atom. The number of aromatic nitrogens is 2. The van der Waals surface area contributed by atoms with Gasteiger partial charge in [-0.1, -0.05) is 11.6 Å². The van der Waals surface area contributed by atoms with Crippen LogP contribution in [0.15, 0.2) is 12.4 Å². The van der Waals surface area contributed by atoms with Crippen LogP contribution in [0.2, 0.25) is 5.15 Å². The van der Waals surface area contributed by atoms with Crippen molar-refractivity contribution < 1.29 is 9.63 Å². The van der Waals surface area contributed by atoms with Crippen LogP contribution in [-0.2, 0) is 16.1 Å². The molecule has 0 saturated heterocycles. The molecule has 0 fully saturated rings. The molecule has 0 amide bonds. The van der Waals surface area contributed by atoms with E-state index in [0.717, 1.165) is 0 Å². The number of carbonyl (C=O) groups is 1. The van der Waals surface area contributed by atoms with Gasteiger partial charge < -0.3 is 4.84 Å². The van der Waals surface area contributed by atoms with Gasteiger partial charge in [0.2, 0.25) is 0 Å². The fraction of sp³-hybridized carbons (Fsp3) is 0.286. The summed E-state index contributed by atoms with van der Waals surface area (Å²) in [6.07, 6.45) is 3.51. The number of aryl methyl sites for hydroxylation is 1. The monoisotopic (exact) mass is 201 g/mol. The minimum absolute atomic E-state index is 0.148. The molecule has 0 unspecified atom stereocenters. The maximum absolute atomic E-state index is 10.7. The molecule has 5 nitrogen and oxygen atoms in total. The van der Waals surface area contributed by atoms with E-state index in [4.69, 9.17) is 11.6 Å². The fourth-order valence-corrected chi connectivity index (χ4v) is 0.997. The zero-order chi connectivity index (χ0) is 9.68. The van der Waals surface area contributed by atoms with Gasteiger partial charge in [-0.3, -0.25) is 9.78 Å². The maximum atomic E-state index is 10.7. The Morgan fingerprint density at radius 3 is 2.85 bits per heavy atom. The van der Waals surface area contributed by atoms with Crippen molar-refractivity contribution >= 4 is 17.6 Å². The van der Waals surface area contributed by atoms with Crippen LogP contribution in [0, 0.1) is 0 Å². The molecule has 0 atom stereocenters. The molecule has 0 radical (unpaired) electrons. The molecule has 1 aromatic rings. The molecule has 0 aromatic carbocycles. The third kappa shape index (κ3) is 2.96. The average molecular weight is 202 g/mol. The van der Waals surface area contributed by atoms with Crippen molar-refractivity contribution in [2.75, 3.05) is 0 Å². The van der Waals surface area contributed by atoms with E-state index in [1.165, 1.54) is 12.4 Å². The molecule has 70 valence electrons. The summed E-state index contributed by atoms with van der Waals surface area (Å²) >= 11 is 5.69. The molecule has 0 bridgehead atoms. The molecule has 2 N–H and O–H groups in total. The zero-order valence-corrected chi connectivity index (χ0v) is 7.49. The number of rotatable bonds is 3. The lowest BCUT2D eigenvalue weighted by Crippen LogP contribution is -2.11. The zero-order valence-electron chi connectivity index (χ0n) is 6.74. The van der Waals surface area contributed by atoms with Crippen molar-refractivity contribution in [3.8, 4) is 0 Å². The van der Waals surface area contributed by atoms with Gasteiger partial charge in [-0.25, -0.2) is 4.98 Å². The van der Waals surface area contributed by atoms with E-state index >= 15 is 0 Å². The number of nitrogens with two attached hydrogens (primary N) is 1. The van der Waals surface area contributed by atoms with E-state index in [9.17, 15) is 4.79 Å². The molecule has 0 aliphatic rings. The number of nitrogens with zero attached hydrogens (tertiary/aromatic N) is 2. The van der Waals surface area contributed by atoms with E-state index in [1.54, 1.807) is 0 Å². The summed E-state index contributed by atoms with van der Waals surface area (Å²) in [7, 11) is 0. The largest absolute Gasteiger partial charge is 0.373 e. The van der Waals surface area contributed by atoms with Gasteiger partial charge in [-0.05, 0) is 0 Å². The van der Waals surface area contributed by atoms with Gasteiger partial charge in [0.1, 0.15) is 5.15 Å². The van der Waals surface area contributed by atoms with Crippen molar-refractivity contribution in [2.24, 2.45) is 5.90 Å². The highest BCUT2D eigenvalue weighted by Crippen LogP contribution is 2.10. The molecule has 6 heteroatoms. The minimum atomic E-state index is -0.498. The molecule has 0 spiro atoms. The number of hydrogen-bond acceptors (Lipinski definition) is 5. The van der Waals surface area contributed by atoms with Crippen LogP contribution in [0.5, 0.6) is 0 Å². The van der Waals surface area contributed by atoms with Crippen LogP contribution < -0.4 is 5.90 Å². The molecular formula is C7H8ClN3O2. The van der Waals surface area contributed by atoms with Gasteiger partial charge >= 0.3 is 5.97 Å². The van der Waals surface area contributed by atoms with Gasteiger partial charge in [-0.2, -0.15) is 5.90 Å². The first-order chi connectivity index (χ1) is 6.24. The Hall–Kier alpha value is -1.20. The highest BCUT2D eigenvalue weighted by Gasteiger charge is 2.06. The molecule has 0 aliphatic heterocycles. The van der Waals surface area contributed by atoms with Crippen molar-refractivity contribution in [1.82, 2.24) is 9.97 Å². The van der Waals surface area contributed by atoms with Crippen LogP contribution in [0.25, 0.3) is 0 Å². The highest BCUT2D eigenvalue weighted by atomic mass is 35.5. The summed E-state index contributed by atoms with van der Waals surface area (Å²) < 4.78 is 0. The van der Waals surface area contributed by atoms with Gasteiger partial charge in [0, 0.05) is 18.8 Å². The predicted molar refractivity (Wildman–Crippen MR) is 45.6 cm³/mol. The predicted octanol–water partition coefficient (Wildman–Crippen LogP) is 0.479. The minimum Gasteiger partial charge on any atom is -0.373 e. The lowest BCUT2D eigenvalue weighted by Gasteiger charge is -1.99. The normalized spacial score (nSPS) is 9.69. The standard InChI is InChI=1S/C7H8ClN3O2/c8-7-5(10-3-4-11-7)1-2-6(12)13-9/h3-4H,1-2,9H2. The Kier molecular flexibility index (Phi) is 3.60. The number of halogens is 1. The summed E-state index contributed by atoms with van der Waals surface area (Å²) in [5.41, 5.74) is 0.564. The lowest BCUT2D eigenvalue weighted by atomic mass is 10.2. The summed E-state index contributed by atoms with van der Waals surface area (Å²) in [5.74, 6) is 4.16. The number of hydrogen-bond donors (Lipinski definition) is 1. The third-order valence-corrected chi connectivity index (χ3v) is 1.74. The first-order valence-electron chi connectivity index (χ1n) is 3.59. The van der Waals surface area contributed by atoms with Crippen LogP contribution >= 0.6 is 11.6 Å². The van der Waals surface area contributed by atoms with Crippen molar-refractivity contribution in [3.63, 3.8) is 0 Å². The van der Waals surface area contributed by atoms with Gasteiger partial charge in [0.25, 0.3) is 0 Å². The lowest BCUT2D eigenvalue weighted by molar-refractivity contribution is -0.144. The molecule has 1 rings (SSSR count). The maximum Gasteiger partial charge on any atom is 0.324 e. The van der Waals surface area contributed by atoms with E-state index in [0.29, 0.717) is 17.3 Å². The van der Waals surface area contributed by atoms with Crippen molar-refractivity contribution in [1.29, 1.82) is 0 Å². The number of carbonyl (C=O) groups excluding carboxylic acids is 1. The second-order valence-corrected chi connectivity index (χ2v) is 2.64. The van der Waals surface area contributed by atoms with Gasteiger partial charge in [-0.15, -0.1) is 0 Å². The molecular weight excluding hydrogens is 194 g/mol. The first kappa shape index (κ1) is 9.88. The summed E-state index contributed by atoms with van der Waals surface area (Å²) in [4.78, 5) is 22.4. The Bertz CT molecular complexity index is 306. The average Bonchev–Trinajstić information content (AvgIpc) is 2.16. The first-order valence-corrected chi connectivity index (χ1v) is 3.96. The Labute approximate surface area is 79.8 Å². The topological polar surface area (TPSA) is 78.1 Å². The van der Waals surface area contributed by atoms with E-state index < -0.39 is 5.97 Å². The SMILES string of the molecule is NOC(=O)CCc1nccnc1Cl.